The first-order chi connectivity index (χ1) is 7.83. The summed E-state index contributed by atoms with van der Waals surface area (Å²) in [5.41, 5.74) is 1.03. The van der Waals surface area contributed by atoms with Crippen LogP contribution in [-0.2, 0) is 0 Å². The van der Waals surface area contributed by atoms with E-state index in [1.165, 1.54) is 25.7 Å². The molecule has 0 bridgehead atoms. The third-order valence-corrected chi connectivity index (χ3v) is 3.20. The van der Waals surface area contributed by atoms with Crippen molar-refractivity contribution in [3.63, 3.8) is 0 Å². The lowest BCUT2D eigenvalue weighted by atomic mass is 10.2. The highest BCUT2D eigenvalue weighted by Crippen LogP contribution is 2.10. The highest BCUT2D eigenvalue weighted by Gasteiger charge is 1.88. The molecule has 0 amide bonds. The van der Waals surface area contributed by atoms with Crippen LogP contribution in [0.25, 0.3) is 0 Å². The largest absolute Gasteiger partial charge is 0.0843 e. The van der Waals surface area contributed by atoms with E-state index in [9.17, 15) is 0 Å². The van der Waals surface area contributed by atoms with E-state index in [1.807, 2.05) is 24.3 Å². The van der Waals surface area contributed by atoms with Gasteiger partial charge in [0.15, 0.2) is 0 Å². The van der Waals surface area contributed by atoms with Crippen molar-refractivity contribution in [1.29, 1.82) is 0 Å². The Labute approximate surface area is 108 Å². The number of hydrogen-bond donors (Lipinski definition) is 0. The lowest BCUT2D eigenvalue weighted by Crippen LogP contribution is -1.78. The summed E-state index contributed by atoms with van der Waals surface area (Å²) in [5, 5.41) is 3.88. The molecule has 0 N–H and O–H groups in total. The van der Waals surface area contributed by atoms with Crippen LogP contribution in [0, 0.1) is 11.2 Å². The molecule has 1 aromatic rings. The van der Waals surface area contributed by atoms with Crippen LogP contribution < -0.4 is 0 Å². The van der Waals surface area contributed by atoms with E-state index in [0.29, 0.717) is 0 Å². The third-order valence-electron chi connectivity index (χ3n) is 2.21. The number of benzene rings is 1. The Morgan fingerprint density at radius 2 is 1.88 bits per heavy atom. The maximum Gasteiger partial charge on any atom is 0.0406 e. The van der Waals surface area contributed by atoms with Crippen molar-refractivity contribution in [2.24, 2.45) is 0 Å². The van der Waals surface area contributed by atoms with Gasteiger partial charge in [-0.15, -0.1) is 0 Å². The highest BCUT2D eigenvalue weighted by atomic mass is 35.5. The van der Waals surface area contributed by atoms with E-state index in [2.05, 4.69) is 18.1 Å². The smallest absolute Gasteiger partial charge is 0.0406 e. The molecule has 0 aliphatic carbocycles. The summed E-state index contributed by atoms with van der Waals surface area (Å²) in [4.78, 5) is 0. The fraction of sp³-hybridized carbons (Fsp3) is 0.429. The van der Waals surface area contributed by atoms with Crippen molar-refractivity contribution in [2.45, 2.75) is 32.6 Å². The molecule has 0 unspecified atom stereocenters. The first-order valence-corrected chi connectivity index (χ1v) is 7.07. The average molecular weight is 253 g/mol. The Balaban J connectivity index is 2.20. The highest BCUT2D eigenvalue weighted by molar-refractivity contribution is 8.03. The number of unbranched alkanes of at least 4 members (excludes halogenated alkanes) is 3. The van der Waals surface area contributed by atoms with Crippen molar-refractivity contribution in [1.82, 2.24) is 0 Å². The summed E-state index contributed by atoms with van der Waals surface area (Å²) < 4.78 is 0. The van der Waals surface area contributed by atoms with Gasteiger partial charge >= 0.3 is 0 Å². The number of rotatable bonds is 5. The van der Waals surface area contributed by atoms with Crippen LogP contribution in [0.4, 0.5) is 0 Å². The van der Waals surface area contributed by atoms with E-state index < -0.39 is 0 Å². The minimum absolute atomic E-state index is 0.762. The zero-order valence-corrected chi connectivity index (χ0v) is 11.2. The van der Waals surface area contributed by atoms with Gasteiger partial charge in [-0.05, 0) is 35.9 Å². The monoisotopic (exact) mass is 252 g/mol. The molecule has 86 valence electrons. The van der Waals surface area contributed by atoms with Crippen LogP contribution in [0.15, 0.2) is 24.3 Å². The lowest BCUT2D eigenvalue weighted by molar-refractivity contribution is 0.707. The quantitative estimate of drug-likeness (QED) is 0.527. The first-order valence-electron chi connectivity index (χ1n) is 5.71. The Morgan fingerprint density at radius 3 is 2.56 bits per heavy atom. The van der Waals surface area contributed by atoms with E-state index in [4.69, 9.17) is 11.6 Å². The van der Waals surface area contributed by atoms with Gasteiger partial charge in [0.2, 0.25) is 0 Å². The standard InChI is InChI=1S/C14H17ClS/c1-2-3-4-5-11-16-12-10-13-6-8-14(15)9-7-13/h6-9H,2-5,11H2,1H3. The van der Waals surface area contributed by atoms with Gasteiger partial charge in [0.25, 0.3) is 0 Å². The second kappa shape index (κ2) is 8.56. The summed E-state index contributed by atoms with van der Waals surface area (Å²) in [5.74, 6) is 4.26. The fourth-order valence-electron chi connectivity index (χ4n) is 1.28. The predicted molar refractivity (Wildman–Crippen MR) is 74.9 cm³/mol. The summed E-state index contributed by atoms with van der Waals surface area (Å²) in [7, 11) is 0. The zero-order chi connectivity index (χ0) is 11.6. The van der Waals surface area contributed by atoms with Crippen LogP contribution in [0.1, 0.15) is 38.2 Å². The van der Waals surface area contributed by atoms with Crippen molar-refractivity contribution in [3.8, 4) is 11.2 Å². The molecule has 0 heterocycles. The average Bonchev–Trinajstić information content (AvgIpc) is 2.30. The maximum atomic E-state index is 5.79. The summed E-state index contributed by atoms with van der Waals surface area (Å²) in [6.07, 6.45) is 5.23. The molecule has 0 aromatic heterocycles. The van der Waals surface area contributed by atoms with E-state index in [-0.39, 0.29) is 0 Å². The van der Waals surface area contributed by atoms with Crippen LogP contribution in [0.5, 0.6) is 0 Å². The van der Waals surface area contributed by atoms with Gasteiger partial charge < -0.3 is 0 Å². The van der Waals surface area contributed by atoms with Gasteiger partial charge in [0.1, 0.15) is 0 Å². The van der Waals surface area contributed by atoms with Crippen LogP contribution in [0.3, 0.4) is 0 Å². The summed E-state index contributed by atoms with van der Waals surface area (Å²) in [6.45, 7) is 2.23. The van der Waals surface area contributed by atoms with Gasteiger partial charge in [-0.25, -0.2) is 0 Å². The maximum absolute atomic E-state index is 5.79. The van der Waals surface area contributed by atoms with Gasteiger partial charge in [-0.1, -0.05) is 55.5 Å². The minimum Gasteiger partial charge on any atom is -0.0843 e. The molecule has 0 fully saturated rings. The molecule has 0 atom stereocenters. The molecule has 0 saturated carbocycles. The summed E-state index contributed by atoms with van der Waals surface area (Å²) >= 11 is 7.50. The molecule has 0 aliphatic heterocycles. The molecule has 2 heteroatoms. The minimum atomic E-state index is 0.762. The molecule has 0 aliphatic rings. The van der Waals surface area contributed by atoms with Crippen molar-refractivity contribution in [3.05, 3.63) is 34.9 Å². The van der Waals surface area contributed by atoms with Gasteiger partial charge in [-0.3, -0.25) is 0 Å². The molecule has 0 radical (unpaired) electrons. The normalized spacial score (nSPS) is 9.62. The van der Waals surface area contributed by atoms with Crippen LogP contribution >= 0.6 is 23.4 Å². The van der Waals surface area contributed by atoms with E-state index >= 15 is 0 Å². The Hall–Kier alpha value is -0.580. The molecule has 0 saturated heterocycles. The summed E-state index contributed by atoms with van der Waals surface area (Å²) in [6, 6.07) is 7.65. The Kier molecular flexibility index (Phi) is 7.21. The molecule has 0 spiro atoms. The molecule has 1 rings (SSSR count). The molecular formula is C14H17ClS. The second-order valence-corrected chi connectivity index (χ2v) is 4.98. The topological polar surface area (TPSA) is 0 Å². The van der Waals surface area contributed by atoms with Crippen molar-refractivity contribution in [2.75, 3.05) is 5.75 Å². The SMILES string of the molecule is CCCCCCSC#Cc1ccc(Cl)cc1. The second-order valence-electron chi connectivity index (χ2n) is 3.64. The third kappa shape index (κ3) is 6.10. The molecule has 1 aromatic carbocycles. The molecule has 0 nitrogen and oxygen atoms in total. The van der Waals surface area contributed by atoms with E-state index in [1.54, 1.807) is 11.8 Å². The zero-order valence-electron chi connectivity index (χ0n) is 9.63. The van der Waals surface area contributed by atoms with Crippen LogP contribution in [-0.4, -0.2) is 5.75 Å². The van der Waals surface area contributed by atoms with Gasteiger partial charge in [-0.2, -0.15) is 0 Å². The molecule has 16 heavy (non-hydrogen) atoms. The van der Waals surface area contributed by atoms with Crippen molar-refractivity contribution >= 4 is 23.4 Å². The Morgan fingerprint density at radius 1 is 1.12 bits per heavy atom. The van der Waals surface area contributed by atoms with Crippen LogP contribution in [0.2, 0.25) is 5.02 Å². The Bertz CT molecular complexity index is 345. The predicted octanol–water partition coefficient (Wildman–Crippen LogP) is 4.96. The number of hydrogen-bond acceptors (Lipinski definition) is 1. The van der Waals surface area contributed by atoms with Gasteiger partial charge in [0, 0.05) is 16.3 Å². The number of halogens is 1. The van der Waals surface area contributed by atoms with Gasteiger partial charge in [0.05, 0.1) is 0 Å². The molecular weight excluding hydrogens is 236 g/mol. The van der Waals surface area contributed by atoms with Crippen molar-refractivity contribution < 1.29 is 0 Å². The van der Waals surface area contributed by atoms with E-state index in [0.717, 1.165) is 16.3 Å². The first kappa shape index (κ1) is 13.5. The lowest BCUT2D eigenvalue weighted by Gasteiger charge is -1.94. The number of thioether (sulfide) groups is 1. The fourth-order valence-corrected chi connectivity index (χ4v) is 2.05.